The van der Waals surface area contributed by atoms with E-state index in [1.807, 2.05) is 42.6 Å². The molecule has 84 valence electrons. The first kappa shape index (κ1) is 13.8. The van der Waals surface area contributed by atoms with Gasteiger partial charge >= 0.3 is 0 Å². The zero-order valence-corrected chi connectivity index (χ0v) is 9.95. The topological polar surface area (TPSA) is 12.0 Å². The van der Waals surface area contributed by atoms with Crippen molar-refractivity contribution in [1.29, 1.82) is 0 Å². The second-order valence-electron chi connectivity index (χ2n) is 3.26. The molecule has 0 spiro atoms. The quantitative estimate of drug-likeness (QED) is 0.717. The van der Waals surface area contributed by atoms with Crippen molar-refractivity contribution in [2.75, 3.05) is 6.54 Å². The molecule has 1 N–H and O–H groups in total. The van der Waals surface area contributed by atoms with Crippen LogP contribution < -0.4 is 5.32 Å². The van der Waals surface area contributed by atoms with Crippen molar-refractivity contribution in [2.45, 2.75) is 33.1 Å². The number of allylic oxidation sites excluding steroid dienone is 1. The summed E-state index contributed by atoms with van der Waals surface area (Å²) in [5, 5.41) is 3.13. The molecule has 1 aromatic carbocycles. The monoisotopic (exact) mass is 205 g/mol. The summed E-state index contributed by atoms with van der Waals surface area (Å²) in [6, 6.07) is 12.0. The summed E-state index contributed by atoms with van der Waals surface area (Å²) in [7, 11) is 0. The van der Waals surface area contributed by atoms with Crippen molar-refractivity contribution >= 4 is 0 Å². The fourth-order valence-electron chi connectivity index (χ4n) is 0.991. The first-order chi connectivity index (χ1) is 7.41. The van der Waals surface area contributed by atoms with Gasteiger partial charge < -0.3 is 5.32 Å². The Morgan fingerprint density at radius 1 is 0.933 bits per heavy atom. The molecule has 0 saturated heterocycles. The zero-order valence-electron chi connectivity index (χ0n) is 9.95. The molecular formula is C14H23N. The number of nitrogens with one attached hydrogen (secondary N) is 1. The largest absolute Gasteiger partial charge is 0.391 e. The lowest BCUT2D eigenvalue weighted by Crippen LogP contribution is -2.00. The average molecular weight is 205 g/mol. The van der Waals surface area contributed by atoms with Crippen LogP contribution >= 0.6 is 0 Å². The Kier molecular flexibility index (Phi) is 11.7. The maximum Gasteiger partial charge on any atom is 0.0112 e. The first-order valence-corrected chi connectivity index (χ1v) is 5.80. The number of benzene rings is 1. The Labute approximate surface area is 94.2 Å². The van der Waals surface area contributed by atoms with E-state index in [2.05, 4.69) is 25.2 Å². The molecule has 1 aromatic rings. The minimum absolute atomic E-state index is 1.03. The van der Waals surface area contributed by atoms with E-state index in [4.69, 9.17) is 0 Å². The molecule has 1 nitrogen and oxygen atoms in total. The molecule has 0 amide bonds. The van der Waals surface area contributed by atoms with E-state index in [0.717, 1.165) is 6.54 Å². The molecule has 15 heavy (non-hydrogen) atoms. The van der Waals surface area contributed by atoms with Gasteiger partial charge in [-0.25, -0.2) is 0 Å². The van der Waals surface area contributed by atoms with Crippen LogP contribution in [0.5, 0.6) is 0 Å². The van der Waals surface area contributed by atoms with E-state index in [1.165, 1.54) is 19.3 Å². The Hall–Kier alpha value is -1.24. The molecular weight excluding hydrogens is 182 g/mol. The normalized spacial score (nSPS) is 9.47. The second-order valence-corrected chi connectivity index (χ2v) is 3.26. The standard InChI is InChI=1S/C8H17N.C6H6/c1-3-5-6-7-8-9-4-2;1-2-4-6-5-3-1/h7-9H,3-6H2,1-2H3;1-6H/b8-7+;. The first-order valence-electron chi connectivity index (χ1n) is 5.80. The SMILES string of the molecule is CCCC/C=C/NCC.c1ccccc1. The molecule has 0 saturated carbocycles. The summed E-state index contributed by atoms with van der Waals surface area (Å²) in [6.45, 7) is 5.34. The van der Waals surface area contributed by atoms with Gasteiger partial charge in [-0.2, -0.15) is 0 Å². The van der Waals surface area contributed by atoms with E-state index in [0.29, 0.717) is 0 Å². The third kappa shape index (κ3) is 12.8. The van der Waals surface area contributed by atoms with E-state index in [9.17, 15) is 0 Å². The Balaban J connectivity index is 0.000000280. The number of hydrogen-bond donors (Lipinski definition) is 1. The number of unbranched alkanes of at least 4 members (excludes halogenated alkanes) is 2. The van der Waals surface area contributed by atoms with Gasteiger partial charge in [-0.05, 0) is 19.5 Å². The van der Waals surface area contributed by atoms with Gasteiger partial charge in [0.1, 0.15) is 0 Å². The van der Waals surface area contributed by atoms with Crippen molar-refractivity contribution in [3.8, 4) is 0 Å². The fraction of sp³-hybridized carbons (Fsp3) is 0.429. The molecule has 0 fully saturated rings. The lowest BCUT2D eigenvalue weighted by atomic mass is 10.2. The highest BCUT2D eigenvalue weighted by molar-refractivity contribution is 4.99. The minimum Gasteiger partial charge on any atom is -0.391 e. The van der Waals surface area contributed by atoms with Crippen LogP contribution in [0.15, 0.2) is 48.7 Å². The van der Waals surface area contributed by atoms with E-state index in [-0.39, 0.29) is 0 Å². The molecule has 0 radical (unpaired) electrons. The molecule has 0 aliphatic rings. The molecule has 1 rings (SSSR count). The molecule has 0 aliphatic carbocycles. The van der Waals surface area contributed by atoms with Crippen LogP contribution in [0.25, 0.3) is 0 Å². The van der Waals surface area contributed by atoms with Gasteiger partial charge in [0.05, 0.1) is 0 Å². The lowest BCUT2D eigenvalue weighted by molar-refractivity contribution is 0.806. The van der Waals surface area contributed by atoms with Gasteiger partial charge in [-0.3, -0.25) is 0 Å². The maximum atomic E-state index is 3.13. The second kappa shape index (κ2) is 12.8. The summed E-state index contributed by atoms with van der Waals surface area (Å²) in [5.74, 6) is 0. The average Bonchev–Trinajstić information content (AvgIpc) is 2.32. The third-order valence-electron chi connectivity index (χ3n) is 1.83. The van der Waals surface area contributed by atoms with Crippen LogP contribution in [0.2, 0.25) is 0 Å². The fourth-order valence-corrected chi connectivity index (χ4v) is 0.991. The van der Waals surface area contributed by atoms with Crippen molar-refractivity contribution < 1.29 is 0 Å². The minimum atomic E-state index is 1.03. The summed E-state index contributed by atoms with van der Waals surface area (Å²) in [5.41, 5.74) is 0. The predicted molar refractivity (Wildman–Crippen MR) is 68.8 cm³/mol. The van der Waals surface area contributed by atoms with Gasteiger partial charge in [-0.15, -0.1) is 0 Å². The van der Waals surface area contributed by atoms with Crippen molar-refractivity contribution in [2.24, 2.45) is 0 Å². The predicted octanol–water partition coefficient (Wildman–Crippen LogP) is 3.99. The lowest BCUT2D eigenvalue weighted by Gasteiger charge is -1.91. The highest BCUT2D eigenvalue weighted by Gasteiger charge is 1.75. The summed E-state index contributed by atoms with van der Waals surface area (Å²) in [6.07, 6.45) is 8.03. The van der Waals surface area contributed by atoms with Gasteiger partial charge in [0.25, 0.3) is 0 Å². The van der Waals surface area contributed by atoms with Gasteiger partial charge in [-0.1, -0.05) is 62.2 Å². The van der Waals surface area contributed by atoms with E-state index >= 15 is 0 Å². The molecule has 0 heterocycles. The summed E-state index contributed by atoms with van der Waals surface area (Å²) >= 11 is 0. The molecule has 0 aliphatic heterocycles. The van der Waals surface area contributed by atoms with E-state index < -0.39 is 0 Å². The zero-order chi connectivity index (χ0) is 11.2. The van der Waals surface area contributed by atoms with Crippen molar-refractivity contribution in [3.05, 3.63) is 48.7 Å². The summed E-state index contributed by atoms with van der Waals surface area (Å²) < 4.78 is 0. The number of hydrogen-bond acceptors (Lipinski definition) is 1. The maximum absolute atomic E-state index is 3.13. The van der Waals surface area contributed by atoms with Crippen molar-refractivity contribution in [3.63, 3.8) is 0 Å². The molecule has 0 aromatic heterocycles. The van der Waals surface area contributed by atoms with Crippen molar-refractivity contribution in [1.82, 2.24) is 5.32 Å². The van der Waals surface area contributed by atoms with Crippen LogP contribution in [-0.4, -0.2) is 6.54 Å². The Morgan fingerprint density at radius 2 is 1.47 bits per heavy atom. The van der Waals surface area contributed by atoms with Crippen LogP contribution in [0.4, 0.5) is 0 Å². The molecule has 1 heteroatoms. The Bertz CT molecular complexity index is 189. The van der Waals surface area contributed by atoms with Crippen LogP contribution in [-0.2, 0) is 0 Å². The molecule has 0 bridgehead atoms. The van der Waals surface area contributed by atoms with Crippen LogP contribution in [0, 0.1) is 0 Å². The highest BCUT2D eigenvalue weighted by atomic mass is 14.8. The van der Waals surface area contributed by atoms with Crippen LogP contribution in [0.3, 0.4) is 0 Å². The third-order valence-corrected chi connectivity index (χ3v) is 1.83. The smallest absolute Gasteiger partial charge is 0.0112 e. The summed E-state index contributed by atoms with van der Waals surface area (Å²) in [4.78, 5) is 0. The molecule has 0 atom stereocenters. The van der Waals surface area contributed by atoms with Gasteiger partial charge in [0.15, 0.2) is 0 Å². The van der Waals surface area contributed by atoms with Crippen LogP contribution in [0.1, 0.15) is 33.1 Å². The Morgan fingerprint density at radius 3 is 1.87 bits per heavy atom. The van der Waals surface area contributed by atoms with E-state index in [1.54, 1.807) is 0 Å². The van der Waals surface area contributed by atoms with Gasteiger partial charge in [0, 0.05) is 6.54 Å². The number of rotatable bonds is 5. The van der Waals surface area contributed by atoms with Gasteiger partial charge in [0.2, 0.25) is 0 Å². The highest BCUT2D eigenvalue weighted by Crippen LogP contribution is 1.93. The molecule has 0 unspecified atom stereocenters.